The van der Waals surface area contributed by atoms with Crippen molar-refractivity contribution in [3.05, 3.63) is 34.4 Å². The van der Waals surface area contributed by atoms with E-state index in [4.69, 9.17) is 16.3 Å². The van der Waals surface area contributed by atoms with Gasteiger partial charge in [0.1, 0.15) is 5.69 Å². The Morgan fingerprint density at radius 2 is 1.89 bits per heavy atom. The standard InChI is InChI=1S/C19H21ClN2O5/c20-19-8-12-5-13(9-19)7-18(6-12,11-19)17(24)27-10-16(23)21-14-3-1-2-4-15(14)22(25)26/h1-4,12-13H,5-11H2,(H,21,23)/t12-,13+,18?,19?. The van der Waals surface area contributed by atoms with Gasteiger partial charge < -0.3 is 10.1 Å². The van der Waals surface area contributed by atoms with Crippen LogP contribution in [0.1, 0.15) is 38.5 Å². The van der Waals surface area contributed by atoms with Gasteiger partial charge in [-0.2, -0.15) is 0 Å². The Morgan fingerprint density at radius 1 is 1.22 bits per heavy atom. The summed E-state index contributed by atoms with van der Waals surface area (Å²) in [4.78, 5) is 35.1. The number of alkyl halides is 1. The first-order chi connectivity index (χ1) is 12.8. The predicted molar refractivity (Wildman–Crippen MR) is 98.4 cm³/mol. The molecule has 4 aliphatic rings. The Kier molecular flexibility index (Phi) is 4.37. The topological polar surface area (TPSA) is 98.5 Å². The van der Waals surface area contributed by atoms with Gasteiger partial charge in [0, 0.05) is 10.9 Å². The molecule has 0 aliphatic heterocycles. The first-order valence-corrected chi connectivity index (χ1v) is 9.56. The highest BCUT2D eigenvalue weighted by Crippen LogP contribution is 2.64. The number of halogens is 1. The number of benzene rings is 1. The van der Waals surface area contributed by atoms with Crippen LogP contribution in [0.5, 0.6) is 0 Å². The smallest absolute Gasteiger partial charge is 0.312 e. The van der Waals surface area contributed by atoms with Crippen molar-refractivity contribution < 1.29 is 19.2 Å². The fraction of sp³-hybridized carbons (Fsp3) is 0.579. The summed E-state index contributed by atoms with van der Waals surface area (Å²) in [6.45, 7) is -0.461. The van der Waals surface area contributed by atoms with Gasteiger partial charge in [0.25, 0.3) is 11.6 Å². The van der Waals surface area contributed by atoms with E-state index in [2.05, 4.69) is 5.32 Å². The van der Waals surface area contributed by atoms with Crippen LogP contribution in [0, 0.1) is 27.4 Å². The maximum absolute atomic E-state index is 12.8. The molecule has 4 fully saturated rings. The van der Waals surface area contributed by atoms with Crippen molar-refractivity contribution in [3.8, 4) is 0 Å². The van der Waals surface area contributed by atoms with Crippen LogP contribution in [-0.2, 0) is 14.3 Å². The first-order valence-electron chi connectivity index (χ1n) is 9.18. The molecule has 4 saturated carbocycles. The third-order valence-corrected chi connectivity index (χ3v) is 6.57. The van der Waals surface area contributed by atoms with E-state index in [0.717, 1.165) is 32.1 Å². The molecule has 144 valence electrons. The van der Waals surface area contributed by atoms with Crippen molar-refractivity contribution >= 4 is 34.9 Å². The number of carbonyl (C=O) groups is 2. The lowest BCUT2D eigenvalue weighted by molar-refractivity contribution is -0.383. The minimum Gasteiger partial charge on any atom is -0.455 e. The predicted octanol–water partition coefficient (Wildman–Crippen LogP) is 3.65. The Labute approximate surface area is 161 Å². The third kappa shape index (κ3) is 3.40. The summed E-state index contributed by atoms with van der Waals surface area (Å²) < 4.78 is 5.33. The number of hydrogen-bond acceptors (Lipinski definition) is 5. The van der Waals surface area contributed by atoms with Crippen LogP contribution in [0.2, 0.25) is 0 Å². The van der Waals surface area contributed by atoms with Crippen molar-refractivity contribution in [3.63, 3.8) is 0 Å². The van der Waals surface area contributed by atoms with Gasteiger partial charge in [-0.15, -0.1) is 11.6 Å². The van der Waals surface area contributed by atoms with Crippen molar-refractivity contribution in [1.29, 1.82) is 0 Å². The molecule has 0 radical (unpaired) electrons. The number of nitrogens with zero attached hydrogens (tertiary/aromatic N) is 1. The van der Waals surface area contributed by atoms with Crippen LogP contribution in [-0.4, -0.2) is 28.3 Å². The third-order valence-electron chi connectivity index (χ3n) is 6.13. The number of esters is 1. The van der Waals surface area contributed by atoms with Gasteiger partial charge >= 0.3 is 5.97 Å². The number of hydrogen-bond donors (Lipinski definition) is 1. The zero-order valence-electron chi connectivity index (χ0n) is 14.8. The molecule has 2 unspecified atom stereocenters. The SMILES string of the molecule is O=C(COC(=O)C12C[C@@H]3C[C@@H](CC(Cl)(C3)C1)C2)Nc1ccccc1[N+](=O)[O-]. The van der Waals surface area contributed by atoms with Crippen LogP contribution < -0.4 is 5.32 Å². The molecule has 4 atom stereocenters. The number of carbonyl (C=O) groups excluding carboxylic acids is 2. The number of nitrogens with one attached hydrogen (secondary N) is 1. The Bertz CT molecular complexity index is 797. The van der Waals surface area contributed by atoms with Gasteiger partial charge in [-0.05, 0) is 56.4 Å². The zero-order valence-corrected chi connectivity index (χ0v) is 15.5. The van der Waals surface area contributed by atoms with E-state index in [1.165, 1.54) is 18.2 Å². The van der Waals surface area contributed by atoms with E-state index in [1.807, 2.05) is 0 Å². The van der Waals surface area contributed by atoms with E-state index >= 15 is 0 Å². The molecule has 7 nitrogen and oxygen atoms in total. The Balaban J connectivity index is 1.39. The van der Waals surface area contributed by atoms with Gasteiger partial charge in [0.2, 0.25) is 0 Å². The Morgan fingerprint density at radius 3 is 2.52 bits per heavy atom. The highest BCUT2D eigenvalue weighted by molar-refractivity contribution is 6.24. The van der Waals surface area contributed by atoms with E-state index < -0.39 is 22.9 Å². The van der Waals surface area contributed by atoms with Crippen LogP contribution in [0.15, 0.2) is 24.3 Å². The van der Waals surface area contributed by atoms with Crippen LogP contribution in [0.25, 0.3) is 0 Å². The quantitative estimate of drug-likeness (QED) is 0.357. The molecule has 1 aromatic rings. The molecule has 4 aliphatic carbocycles. The molecule has 5 rings (SSSR count). The molecule has 27 heavy (non-hydrogen) atoms. The van der Waals surface area contributed by atoms with Crippen molar-refractivity contribution in [2.75, 3.05) is 11.9 Å². The number of anilines is 1. The fourth-order valence-corrected chi connectivity index (χ4v) is 6.29. The Hall–Kier alpha value is -2.15. The molecule has 8 heteroatoms. The second-order valence-electron chi connectivity index (χ2n) is 8.29. The molecule has 1 aromatic carbocycles. The average molecular weight is 393 g/mol. The molecule has 1 N–H and O–H groups in total. The largest absolute Gasteiger partial charge is 0.455 e. The number of para-hydroxylation sites is 2. The van der Waals surface area contributed by atoms with Gasteiger partial charge in [-0.3, -0.25) is 19.7 Å². The maximum Gasteiger partial charge on any atom is 0.312 e. The summed E-state index contributed by atoms with van der Waals surface area (Å²) in [5, 5.41) is 13.5. The van der Waals surface area contributed by atoms with Crippen LogP contribution >= 0.6 is 11.6 Å². The zero-order chi connectivity index (χ0) is 19.2. The van der Waals surface area contributed by atoms with Gasteiger partial charge in [-0.25, -0.2) is 0 Å². The highest BCUT2D eigenvalue weighted by Gasteiger charge is 2.60. The van der Waals surface area contributed by atoms with E-state index in [9.17, 15) is 19.7 Å². The molecule has 1 amide bonds. The summed E-state index contributed by atoms with van der Waals surface area (Å²) in [7, 11) is 0. The summed E-state index contributed by atoms with van der Waals surface area (Å²) in [6.07, 6.45) is 5.21. The van der Waals surface area contributed by atoms with Gasteiger partial charge in [0.05, 0.1) is 10.3 Å². The summed E-state index contributed by atoms with van der Waals surface area (Å²) in [6, 6.07) is 5.85. The van der Waals surface area contributed by atoms with Crippen LogP contribution in [0.3, 0.4) is 0 Å². The lowest BCUT2D eigenvalue weighted by Gasteiger charge is -2.58. The molecule has 0 saturated heterocycles. The minimum atomic E-state index is -0.594. The van der Waals surface area contributed by atoms with Crippen LogP contribution in [0.4, 0.5) is 11.4 Å². The van der Waals surface area contributed by atoms with Crippen molar-refractivity contribution in [2.45, 2.75) is 43.4 Å². The van der Waals surface area contributed by atoms with E-state index in [0.29, 0.717) is 18.3 Å². The van der Waals surface area contributed by atoms with E-state index in [-0.39, 0.29) is 22.2 Å². The summed E-state index contributed by atoms with van der Waals surface area (Å²) >= 11 is 6.73. The highest BCUT2D eigenvalue weighted by atomic mass is 35.5. The number of amides is 1. The van der Waals surface area contributed by atoms with Gasteiger partial charge in [-0.1, -0.05) is 12.1 Å². The first kappa shape index (κ1) is 18.2. The molecular weight excluding hydrogens is 372 g/mol. The fourth-order valence-electron chi connectivity index (χ4n) is 5.60. The van der Waals surface area contributed by atoms with Crippen molar-refractivity contribution in [2.24, 2.45) is 17.3 Å². The molecule has 0 spiro atoms. The molecule has 0 heterocycles. The lowest BCUT2D eigenvalue weighted by Crippen LogP contribution is -2.56. The number of ether oxygens (including phenoxy) is 1. The molecule has 0 aromatic heterocycles. The summed E-state index contributed by atoms with van der Waals surface area (Å²) in [5.41, 5.74) is -0.703. The molecular formula is C19H21ClN2O5. The van der Waals surface area contributed by atoms with Crippen molar-refractivity contribution in [1.82, 2.24) is 0 Å². The molecule has 4 bridgehead atoms. The lowest BCUT2D eigenvalue weighted by atomic mass is 9.49. The number of nitro groups is 1. The normalized spacial score (nSPS) is 33.5. The number of rotatable bonds is 5. The second kappa shape index (κ2) is 6.48. The monoisotopic (exact) mass is 392 g/mol. The maximum atomic E-state index is 12.8. The minimum absolute atomic E-state index is 0.0815. The van der Waals surface area contributed by atoms with Gasteiger partial charge in [0.15, 0.2) is 6.61 Å². The second-order valence-corrected chi connectivity index (χ2v) is 9.09. The number of nitro benzene ring substituents is 1. The van der Waals surface area contributed by atoms with E-state index in [1.54, 1.807) is 6.07 Å². The average Bonchev–Trinajstić information content (AvgIpc) is 2.57. The summed E-state index contributed by atoms with van der Waals surface area (Å²) in [5.74, 6) is -0.0449.